The molecule has 0 aliphatic rings. The van der Waals surface area contributed by atoms with Crippen molar-refractivity contribution in [2.75, 3.05) is 13.2 Å². The number of benzene rings is 1. The van der Waals surface area contributed by atoms with Crippen LogP contribution in [0.4, 0.5) is 0 Å². The predicted octanol–water partition coefficient (Wildman–Crippen LogP) is 2.32. The van der Waals surface area contributed by atoms with Gasteiger partial charge in [0.15, 0.2) is 0 Å². The second-order valence-electron chi connectivity index (χ2n) is 4.89. The monoisotopic (exact) mass is 289 g/mol. The van der Waals surface area contributed by atoms with Crippen LogP contribution in [0.15, 0.2) is 47.1 Å². The van der Waals surface area contributed by atoms with Crippen LogP contribution in [0.1, 0.15) is 30.0 Å². The smallest absolute Gasteiger partial charge is 0.251 e. The van der Waals surface area contributed by atoms with Gasteiger partial charge in [-0.1, -0.05) is 0 Å². The van der Waals surface area contributed by atoms with Crippen molar-refractivity contribution in [2.24, 2.45) is 0 Å². The number of nitrogens with one attached hydrogen (secondary N) is 1. The second kappa shape index (κ2) is 6.45. The van der Waals surface area contributed by atoms with Crippen LogP contribution >= 0.6 is 0 Å². The zero-order valence-electron chi connectivity index (χ0n) is 12.1. The third-order valence-corrected chi connectivity index (χ3v) is 3.07. The predicted molar refractivity (Wildman–Crippen MR) is 78.2 cm³/mol. The minimum atomic E-state index is -1.25. The molecule has 0 saturated carbocycles. The average Bonchev–Trinajstić information content (AvgIpc) is 3.01. The minimum Gasteiger partial charge on any atom is -0.494 e. The lowest BCUT2D eigenvalue weighted by atomic mass is 10.0. The molecule has 1 aromatic carbocycles. The van der Waals surface area contributed by atoms with E-state index in [-0.39, 0.29) is 12.5 Å². The molecule has 1 unspecified atom stereocenters. The summed E-state index contributed by atoms with van der Waals surface area (Å²) in [5.74, 6) is 0.871. The van der Waals surface area contributed by atoms with Crippen LogP contribution in [0.25, 0.3) is 0 Å². The molecule has 0 bridgehead atoms. The van der Waals surface area contributed by atoms with Crippen LogP contribution in [0.2, 0.25) is 0 Å². The summed E-state index contributed by atoms with van der Waals surface area (Å²) in [5.41, 5.74) is -0.738. The van der Waals surface area contributed by atoms with E-state index in [1.807, 2.05) is 6.92 Å². The summed E-state index contributed by atoms with van der Waals surface area (Å²) in [5, 5.41) is 12.9. The number of ether oxygens (including phenoxy) is 1. The quantitative estimate of drug-likeness (QED) is 0.856. The Morgan fingerprint density at radius 3 is 2.62 bits per heavy atom. The van der Waals surface area contributed by atoms with Gasteiger partial charge in [-0.05, 0) is 50.2 Å². The molecule has 0 fully saturated rings. The van der Waals surface area contributed by atoms with Crippen LogP contribution in [0.3, 0.4) is 0 Å². The molecule has 5 nitrogen and oxygen atoms in total. The topological polar surface area (TPSA) is 71.7 Å². The number of aliphatic hydroxyl groups is 1. The van der Waals surface area contributed by atoms with E-state index >= 15 is 0 Å². The van der Waals surface area contributed by atoms with Crippen LogP contribution < -0.4 is 10.1 Å². The zero-order valence-corrected chi connectivity index (χ0v) is 12.1. The van der Waals surface area contributed by atoms with Crippen LogP contribution in [0, 0.1) is 0 Å². The van der Waals surface area contributed by atoms with Crippen molar-refractivity contribution < 1.29 is 19.1 Å². The number of rotatable bonds is 6. The number of hydrogen-bond donors (Lipinski definition) is 2. The van der Waals surface area contributed by atoms with Gasteiger partial charge in [0.1, 0.15) is 17.1 Å². The number of furan rings is 1. The van der Waals surface area contributed by atoms with Crippen molar-refractivity contribution in [1.82, 2.24) is 5.32 Å². The molecule has 2 N–H and O–H groups in total. The van der Waals surface area contributed by atoms with Gasteiger partial charge in [0.25, 0.3) is 5.91 Å². The summed E-state index contributed by atoms with van der Waals surface area (Å²) in [6.45, 7) is 4.13. The van der Waals surface area contributed by atoms with E-state index in [0.717, 1.165) is 5.75 Å². The lowest BCUT2D eigenvalue weighted by Gasteiger charge is -2.21. The van der Waals surface area contributed by atoms with Crippen molar-refractivity contribution in [1.29, 1.82) is 0 Å². The van der Waals surface area contributed by atoms with Crippen molar-refractivity contribution >= 4 is 5.91 Å². The number of carbonyl (C=O) groups is 1. The number of hydrogen-bond acceptors (Lipinski definition) is 4. The maximum atomic E-state index is 12.0. The molecule has 5 heteroatoms. The van der Waals surface area contributed by atoms with Gasteiger partial charge in [-0.25, -0.2) is 0 Å². The molecule has 2 aromatic rings. The molecule has 0 radical (unpaired) electrons. The molecule has 0 saturated heterocycles. The first kappa shape index (κ1) is 15.1. The highest BCUT2D eigenvalue weighted by molar-refractivity contribution is 5.94. The van der Waals surface area contributed by atoms with E-state index < -0.39 is 5.60 Å². The SMILES string of the molecule is CCOc1ccc(C(=O)NCC(C)(O)c2ccco2)cc1. The Hall–Kier alpha value is -2.27. The summed E-state index contributed by atoms with van der Waals surface area (Å²) >= 11 is 0. The van der Waals surface area contributed by atoms with E-state index in [2.05, 4.69) is 5.32 Å². The maximum Gasteiger partial charge on any atom is 0.251 e. The van der Waals surface area contributed by atoms with Gasteiger partial charge in [-0.15, -0.1) is 0 Å². The molecule has 1 aromatic heterocycles. The summed E-state index contributed by atoms with van der Waals surface area (Å²) in [4.78, 5) is 12.0. The van der Waals surface area contributed by atoms with Gasteiger partial charge in [-0.3, -0.25) is 4.79 Å². The highest BCUT2D eigenvalue weighted by atomic mass is 16.5. The van der Waals surface area contributed by atoms with E-state index in [0.29, 0.717) is 17.9 Å². The fourth-order valence-electron chi connectivity index (χ4n) is 1.90. The van der Waals surface area contributed by atoms with Gasteiger partial charge in [-0.2, -0.15) is 0 Å². The molecule has 21 heavy (non-hydrogen) atoms. The highest BCUT2D eigenvalue weighted by Crippen LogP contribution is 2.20. The normalized spacial score (nSPS) is 13.5. The molecule has 0 aliphatic heterocycles. The standard InChI is InChI=1S/C16H19NO4/c1-3-20-13-8-6-12(7-9-13)15(18)17-11-16(2,19)14-5-4-10-21-14/h4-10,19H,3,11H2,1-2H3,(H,17,18). The summed E-state index contributed by atoms with van der Waals surface area (Å²) in [7, 11) is 0. The molecule has 112 valence electrons. The first-order valence-corrected chi connectivity index (χ1v) is 6.80. The Labute approximate surface area is 123 Å². The lowest BCUT2D eigenvalue weighted by Crippen LogP contribution is -2.38. The molecule has 1 heterocycles. The minimum absolute atomic E-state index is 0.0621. The van der Waals surface area contributed by atoms with Gasteiger partial charge in [0.05, 0.1) is 19.4 Å². The lowest BCUT2D eigenvalue weighted by molar-refractivity contribution is 0.0330. The second-order valence-corrected chi connectivity index (χ2v) is 4.89. The number of amides is 1. The fraction of sp³-hybridized carbons (Fsp3) is 0.312. The van der Waals surface area contributed by atoms with Gasteiger partial charge in [0, 0.05) is 5.56 Å². The Bertz CT molecular complexity index is 573. The van der Waals surface area contributed by atoms with E-state index in [9.17, 15) is 9.90 Å². The average molecular weight is 289 g/mol. The third kappa shape index (κ3) is 3.86. The van der Waals surface area contributed by atoms with E-state index in [4.69, 9.17) is 9.15 Å². The van der Waals surface area contributed by atoms with Gasteiger partial charge in [0.2, 0.25) is 0 Å². The Morgan fingerprint density at radius 2 is 2.05 bits per heavy atom. The highest BCUT2D eigenvalue weighted by Gasteiger charge is 2.26. The van der Waals surface area contributed by atoms with Crippen molar-refractivity contribution in [2.45, 2.75) is 19.4 Å². The molecular formula is C16H19NO4. The van der Waals surface area contributed by atoms with Crippen LogP contribution in [-0.4, -0.2) is 24.2 Å². The van der Waals surface area contributed by atoms with Gasteiger partial charge >= 0.3 is 0 Å². The van der Waals surface area contributed by atoms with Gasteiger partial charge < -0.3 is 19.6 Å². The van der Waals surface area contributed by atoms with E-state index in [1.54, 1.807) is 43.3 Å². The molecular weight excluding hydrogens is 270 g/mol. The summed E-state index contributed by atoms with van der Waals surface area (Å²) < 4.78 is 10.5. The Morgan fingerprint density at radius 1 is 1.33 bits per heavy atom. The first-order chi connectivity index (χ1) is 10.0. The molecule has 1 atom stereocenters. The molecule has 0 aliphatic carbocycles. The largest absolute Gasteiger partial charge is 0.494 e. The summed E-state index contributed by atoms with van der Waals surface area (Å²) in [6.07, 6.45) is 1.48. The van der Waals surface area contributed by atoms with Crippen molar-refractivity contribution in [3.8, 4) is 5.75 Å². The molecule has 0 spiro atoms. The maximum absolute atomic E-state index is 12.0. The number of carbonyl (C=O) groups excluding carboxylic acids is 1. The van der Waals surface area contributed by atoms with Crippen LogP contribution in [0.5, 0.6) is 5.75 Å². The van der Waals surface area contributed by atoms with Crippen LogP contribution in [-0.2, 0) is 5.60 Å². The molecule has 1 amide bonds. The molecule has 2 rings (SSSR count). The summed E-state index contributed by atoms with van der Waals surface area (Å²) in [6, 6.07) is 10.2. The zero-order chi connectivity index (χ0) is 15.3. The van der Waals surface area contributed by atoms with Crippen molar-refractivity contribution in [3.05, 3.63) is 54.0 Å². The fourth-order valence-corrected chi connectivity index (χ4v) is 1.90. The van der Waals surface area contributed by atoms with Crippen molar-refractivity contribution in [3.63, 3.8) is 0 Å². The Kier molecular flexibility index (Phi) is 4.65. The third-order valence-electron chi connectivity index (χ3n) is 3.07. The Balaban J connectivity index is 1.95. The van der Waals surface area contributed by atoms with E-state index in [1.165, 1.54) is 6.26 Å². The first-order valence-electron chi connectivity index (χ1n) is 6.80.